The minimum absolute atomic E-state index is 0.0108. The highest BCUT2D eigenvalue weighted by Crippen LogP contribution is 2.39. The van der Waals surface area contributed by atoms with E-state index in [0.717, 1.165) is 24.2 Å². The van der Waals surface area contributed by atoms with Gasteiger partial charge in [0.1, 0.15) is 12.4 Å². The average molecular weight is 274 g/mol. The molecular formula is C16H22N2O2. The lowest BCUT2D eigenvalue weighted by Gasteiger charge is -2.50. The maximum atomic E-state index is 12.4. The zero-order valence-electron chi connectivity index (χ0n) is 12.1. The van der Waals surface area contributed by atoms with Gasteiger partial charge in [-0.25, -0.2) is 0 Å². The van der Waals surface area contributed by atoms with Crippen molar-refractivity contribution >= 4 is 5.91 Å². The van der Waals surface area contributed by atoms with Gasteiger partial charge in [-0.3, -0.25) is 4.79 Å². The number of fused-ring (bicyclic) bond motifs is 1. The van der Waals surface area contributed by atoms with E-state index in [0.29, 0.717) is 6.61 Å². The van der Waals surface area contributed by atoms with E-state index in [-0.39, 0.29) is 29.3 Å². The fourth-order valence-corrected chi connectivity index (χ4v) is 2.99. The third-order valence-corrected chi connectivity index (χ3v) is 4.91. The molecule has 1 fully saturated rings. The summed E-state index contributed by atoms with van der Waals surface area (Å²) >= 11 is 0. The minimum Gasteiger partial charge on any atom is -0.492 e. The van der Waals surface area contributed by atoms with Crippen LogP contribution in [0.3, 0.4) is 0 Å². The van der Waals surface area contributed by atoms with Gasteiger partial charge in [0.25, 0.3) is 0 Å². The summed E-state index contributed by atoms with van der Waals surface area (Å²) in [6.45, 7) is 4.68. The quantitative estimate of drug-likeness (QED) is 0.858. The van der Waals surface area contributed by atoms with Crippen molar-refractivity contribution in [2.75, 3.05) is 6.61 Å². The van der Waals surface area contributed by atoms with Crippen LogP contribution in [-0.4, -0.2) is 24.6 Å². The van der Waals surface area contributed by atoms with E-state index in [4.69, 9.17) is 10.5 Å². The molecule has 1 amide bonds. The van der Waals surface area contributed by atoms with Crippen LogP contribution in [0.15, 0.2) is 24.3 Å². The molecule has 1 heterocycles. The fourth-order valence-electron chi connectivity index (χ4n) is 2.99. The predicted molar refractivity (Wildman–Crippen MR) is 77.4 cm³/mol. The lowest BCUT2D eigenvalue weighted by Crippen LogP contribution is -2.65. The first-order valence-electron chi connectivity index (χ1n) is 7.25. The lowest BCUT2D eigenvalue weighted by atomic mass is 9.63. The second-order valence-corrected chi connectivity index (χ2v) is 6.54. The van der Waals surface area contributed by atoms with Crippen LogP contribution in [-0.2, 0) is 11.2 Å². The van der Waals surface area contributed by atoms with Gasteiger partial charge >= 0.3 is 0 Å². The number of rotatable bonds is 2. The highest BCUT2D eigenvalue weighted by molar-refractivity contribution is 5.80. The van der Waals surface area contributed by atoms with Crippen LogP contribution in [0, 0.1) is 11.3 Å². The largest absolute Gasteiger partial charge is 0.492 e. The number of amides is 1. The van der Waals surface area contributed by atoms with E-state index in [1.807, 2.05) is 24.3 Å². The third kappa shape index (κ3) is 2.18. The number of carbonyl (C=O) groups is 1. The number of hydrogen-bond donors (Lipinski definition) is 2. The topological polar surface area (TPSA) is 64.3 Å². The smallest absolute Gasteiger partial charge is 0.227 e. The first-order valence-corrected chi connectivity index (χ1v) is 7.25. The van der Waals surface area contributed by atoms with Crippen molar-refractivity contribution in [1.29, 1.82) is 0 Å². The summed E-state index contributed by atoms with van der Waals surface area (Å²) in [4.78, 5) is 12.4. The molecule has 1 aliphatic heterocycles. The molecule has 1 aliphatic carbocycles. The van der Waals surface area contributed by atoms with E-state index in [2.05, 4.69) is 19.2 Å². The Morgan fingerprint density at radius 2 is 2.15 bits per heavy atom. The number of benzene rings is 1. The molecule has 2 aliphatic rings. The number of ether oxygens (including phenoxy) is 1. The van der Waals surface area contributed by atoms with Crippen molar-refractivity contribution < 1.29 is 9.53 Å². The van der Waals surface area contributed by atoms with Gasteiger partial charge in [-0.1, -0.05) is 32.0 Å². The average Bonchev–Trinajstić information content (AvgIpc) is 2.46. The molecule has 1 aromatic rings. The van der Waals surface area contributed by atoms with Crippen molar-refractivity contribution in [1.82, 2.24) is 5.32 Å². The molecule has 0 aromatic heterocycles. The molecular weight excluding hydrogens is 252 g/mol. The van der Waals surface area contributed by atoms with Gasteiger partial charge in [-0.15, -0.1) is 0 Å². The Labute approximate surface area is 119 Å². The van der Waals surface area contributed by atoms with Crippen LogP contribution >= 0.6 is 0 Å². The Hall–Kier alpha value is -1.55. The van der Waals surface area contributed by atoms with Gasteiger partial charge < -0.3 is 15.8 Å². The molecule has 4 nitrogen and oxygen atoms in total. The maximum absolute atomic E-state index is 12.4. The summed E-state index contributed by atoms with van der Waals surface area (Å²) in [6, 6.07) is 8.28. The van der Waals surface area contributed by atoms with Crippen molar-refractivity contribution in [2.45, 2.75) is 38.8 Å². The number of hydrogen-bond acceptors (Lipinski definition) is 3. The number of nitrogens with two attached hydrogens (primary N) is 1. The molecule has 3 atom stereocenters. The molecule has 1 aromatic carbocycles. The molecule has 3 unspecified atom stereocenters. The Morgan fingerprint density at radius 3 is 2.85 bits per heavy atom. The summed E-state index contributed by atoms with van der Waals surface area (Å²) in [7, 11) is 0. The molecule has 0 spiro atoms. The minimum atomic E-state index is -0.0995. The van der Waals surface area contributed by atoms with E-state index < -0.39 is 0 Å². The normalized spacial score (nSPS) is 30.6. The molecule has 3 N–H and O–H groups in total. The molecule has 0 saturated heterocycles. The molecule has 1 saturated carbocycles. The van der Waals surface area contributed by atoms with Gasteiger partial charge in [0.2, 0.25) is 5.91 Å². The molecule has 3 rings (SSSR count). The maximum Gasteiger partial charge on any atom is 0.227 e. The standard InChI is InChI=1S/C16H22N2O2/c1-16(2)13(17)8-14(16)18-15(19)11-7-10-5-3-4-6-12(10)20-9-11/h3-6,11,13-14H,7-9,17H2,1-2H3,(H,18,19). The highest BCUT2D eigenvalue weighted by Gasteiger charge is 2.47. The summed E-state index contributed by atoms with van der Waals surface area (Å²) in [5.74, 6) is 0.893. The van der Waals surface area contributed by atoms with Crippen molar-refractivity contribution in [3.05, 3.63) is 29.8 Å². The Bertz CT molecular complexity index is 527. The van der Waals surface area contributed by atoms with Crippen LogP contribution in [0.1, 0.15) is 25.8 Å². The third-order valence-electron chi connectivity index (χ3n) is 4.91. The summed E-state index contributed by atoms with van der Waals surface area (Å²) in [5, 5.41) is 3.14. The fraction of sp³-hybridized carbons (Fsp3) is 0.562. The Balaban J connectivity index is 1.63. The zero-order valence-corrected chi connectivity index (χ0v) is 12.1. The molecule has 20 heavy (non-hydrogen) atoms. The molecule has 0 radical (unpaired) electrons. The van der Waals surface area contributed by atoms with Gasteiger partial charge in [0.05, 0.1) is 5.92 Å². The predicted octanol–water partition coefficient (Wildman–Crippen LogP) is 1.48. The monoisotopic (exact) mass is 274 g/mol. The molecule has 108 valence electrons. The van der Waals surface area contributed by atoms with E-state index >= 15 is 0 Å². The summed E-state index contributed by atoms with van der Waals surface area (Å²) < 4.78 is 5.68. The van der Waals surface area contributed by atoms with Crippen LogP contribution < -0.4 is 15.8 Å². The summed E-state index contributed by atoms with van der Waals surface area (Å²) in [5.41, 5.74) is 7.09. The first-order chi connectivity index (χ1) is 9.48. The van der Waals surface area contributed by atoms with E-state index in [1.165, 1.54) is 0 Å². The number of nitrogens with one attached hydrogen (secondary N) is 1. The summed E-state index contributed by atoms with van der Waals surface area (Å²) in [6.07, 6.45) is 1.62. The second kappa shape index (κ2) is 4.77. The Kier molecular flexibility index (Phi) is 3.21. The number of carbonyl (C=O) groups excluding carboxylic acids is 1. The SMILES string of the molecule is CC1(C)C(N)CC1NC(=O)C1COc2ccccc2C1. The van der Waals surface area contributed by atoms with Crippen molar-refractivity contribution in [3.63, 3.8) is 0 Å². The Morgan fingerprint density at radius 1 is 1.40 bits per heavy atom. The van der Waals surface area contributed by atoms with Crippen LogP contribution in [0.2, 0.25) is 0 Å². The molecule has 0 bridgehead atoms. The van der Waals surface area contributed by atoms with E-state index in [1.54, 1.807) is 0 Å². The highest BCUT2D eigenvalue weighted by atomic mass is 16.5. The van der Waals surface area contributed by atoms with Gasteiger partial charge in [-0.2, -0.15) is 0 Å². The lowest BCUT2D eigenvalue weighted by molar-refractivity contribution is -0.129. The number of para-hydroxylation sites is 1. The zero-order chi connectivity index (χ0) is 14.3. The second-order valence-electron chi connectivity index (χ2n) is 6.54. The first kappa shape index (κ1) is 13.4. The van der Waals surface area contributed by atoms with Crippen molar-refractivity contribution in [2.24, 2.45) is 17.1 Å². The van der Waals surface area contributed by atoms with Crippen LogP contribution in [0.25, 0.3) is 0 Å². The van der Waals surface area contributed by atoms with Crippen molar-refractivity contribution in [3.8, 4) is 5.75 Å². The van der Waals surface area contributed by atoms with Gasteiger partial charge in [-0.05, 0) is 24.5 Å². The van der Waals surface area contributed by atoms with Gasteiger partial charge in [0, 0.05) is 17.5 Å². The van der Waals surface area contributed by atoms with Gasteiger partial charge in [0.15, 0.2) is 0 Å². The van der Waals surface area contributed by atoms with E-state index in [9.17, 15) is 4.79 Å². The molecule has 4 heteroatoms. The van der Waals surface area contributed by atoms with Crippen LogP contribution in [0.5, 0.6) is 5.75 Å². The van der Waals surface area contributed by atoms with Crippen LogP contribution in [0.4, 0.5) is 0 Å².